The number of carbonyl (C=O) groups excluding carboxylic acids is 1. The van der Waals surface area contributed by atoms with Crippen LogP contribution in [0.25, 0.3) is 0 Å². The normalized spacial score (nSPS) is 9.67. The fraction of sp³-hybridized carbons (Fsp3) is 0.200. The Morgan fingerprint density at radius 3 is 2.80 bits per heavy atom. The van der Waals surface area contributed by atoms with Crippen molar-refractivity contribution < 1.29 is 14.7 Å². The minimum atomic E-state index is -1.14. The number of likely N-dealkylation sites (N-methyl/N-ethyl adjacent to an activating group) is 1. The van der Waals surface area contributed by atoms with Crippen LogP contribution in [0, 0.1) is 6.54 Å². The summed E-state index contributed by atoms with van der Waals surface area (Å²) in [6.07, 6.45) is 2.95. The van der Waals surface area contributed by atoms with E-state index in [1.807, 2.05) is 0 Å². The zero-order chi connectivity index (χ0) is 11.3. The van der Waals surface area contributed by atoms with E-state index in [0.29, 0.717) is 12.1 Å². The molecule has 0 saturated carbocycles. The lowest BCUT2D eigenvalue weighted by Crippen LogP contribution is -2.31. The SMILES string of the molecule is CCN([CH]C(=O)O)C(=O)c1cccnc1. The van der Waals surface area contributed by atoms with E-state index in [1.54, 1.807) is 25.3 Å². The number of aliphatic carboxylic acids is 1. The third kappa shape index (κ3) is 3.05. The lowest BCUT2D eigenvalue weighted by molar-refractivity contribution is -0.134. The van der Waals surface area contributed by atoms with Crippen LogP contribution in [-0.2, 0) is 4.79 Å². The number of pyridine rings is 1. The third-order valence-electron chi connectivity index (χ3n) is 1.78. The molecule has 0 fully saturated rings. The Hall–Kier alpha value is -1.91. The van der Waals surface area contributed by atoms with Gasteiger partial charge in [0.25, 0.3) is 5.91 Å². The molecule has 0 aliphatic rings. The van der Waals surface area contributed by atoms with Gasteiger partial charge in [-0.15, -0.1) is 0 Å². The molecule has 79 valence electrons. The summed E-state index contributed by atoms with van der Waals surface area (Å²) in [5, 5.41) is 8.55. The molecule has 0 aromatic carbocycles. The van der Waals surface area contributed by atoms with Gasteiger partial charge in [0, 0.05) is 18.9 Å². The number of carboxylic acid groups (broad SMARTS) is 1. The molecule has 1 aromatic rings. The first-order valence-corrected chi connectivity index (χ1v) is 4.44. The van der Waals surface area contributed by atoms with Crippen LogP contribution in [0.4, 0.5) is 0 Å². The molecule has 0 spiro atoms. The van der Waals surface area contributed by atoms with Crippen LogP contribution in [0.5, 0.6) is 0 Å². The van der Waals surface area contributed by atoms with E-state index in [-0.39, 0.29) is 5.91 Å². The molecule has 0 aliphatic carbocycles. The van der Waals surface area contributed by atoms with Crippen LogP contribution in [0.15, 0.2) is 24.5 Å². The molecule has 1 amide bonds. The fourth-order valence-electron chi connectivity index (χ4n) is 1.08. The van der Waals surface area contributed by atoms with Crippen molar-refractivity contribution in [2.75, 3.05) is 6.54 Å². The zero-order valence-electron chi connectivity index (χ0n) is 8.25. The minimum Gasteiger partial charge on any atom is -0.480 e. The van der Waals surface area contributed by atoms with Crippen LogP contribution in [-0.4, -0.2) is 33.4 Å². The Bertz CT molecular complexity index is 351. The molecule has 1 radical (unpaired) electrons. The quantitative estimate of drug-likeness (QED) is 0.792. The van der Waals surface area contributed by atoms with Gasteiger partial charge in [-0.05, 0) is 19.1 Å². The van der Waals surface area contributed by atoms with Gasteiger partial charge in [-0.25, -0.2) is 4.79 Å². The first-order chi connectivity index (χ1) is 7.15. The topological polar surface area (TPSA) is 70.5 Å². The lowest BCUT2D eigenvalue weighted by Gasteiger charge is -2.17. The van der Waals surface area contributed by atoms with Crippen LogP contribution < -0.4 is 0 Å². The summed E-state index contributed by atoms with van der Waals surface area (Å²) in [5.74, 6) is -1.51. The molecule has 1 N–H and O–H groups in total. The highest BCUT2D eigenvalue weighted by molar-refractivity contribution is 5.97. The molecule has 0 atom stereocenters. The van der Waals surface area contributed by atoms with Gasteiger partial charge in [-0.2, -0.15) is 0 Å². The summed E-state index contributed by atoms with van der Waals surface area (Å²) in [6, 6.07) is 3.22. The van der Waals surface area contributed by atoms with Gasteiger partial charge >= 0.3 is 5.97 Å². The smallest absolute Gasteiger partial charge is 0.329 e. The summed E-state index contributed by atoms with van der Waals surface area (Å²) in [6.45, 7) is 2.86. The molecule has 15 heavy (non-hydrogen) atoms. The molecule has 0 saturated heterocycles. The fourth-order valence-corrected chi connectivity index (χ4v) is 1.08. The lowest BCUT2D eigenvalue weighted by atomic mass is 10.2. The molecule has 1 aromatic heterocycles. The Kier molecular flexibility index (Phi) is 3.79. The van der Waals surface area contributed by atoms with Gasteiger partial charge in [-0.3, -0.25) is 9.78 Å². The van der Waals surface area contributed by atoms with Crippen molar-refractivity contribution in [3.63, 3.8) is 0 Å². The van der Waals surface area contributed by atoms with Crippen LogP contribution in [0.3, 0.4) is 0 Å². The number of hydrogen-bond donors (Lipinski definition) is 1. The molecule has 0 unspecified atom stereocenters. The highest BCUT2D eigenvalue weighted by Gasteiger charge is 2.17. The van der Waals surface area contributed by atoms with Gasteiger partial charge in [-0.1, -0.05) is 0 Å². The van der Waals surface area contributed by atoms with Gasteiger partial charge < -0.3 is 10.0 Å². The highest BCUT2D eigenvalue weighted by Crippen LogP contribution is 2.04. The van der Waals surface area contributed by atoms with Crippen molar-refractivity contribution in [2.45, 2.75) is 6.92 Å². The first-order valence-electron chi connectivity index (χ1n) is 4.44. The van der Waals surface area contributed by atoms with Crippen molar-refractivity contribution in [3.8, 4) is 0 Å². The van der Waals surface area contributed by atoms with Gasteiger partial charge in [0.1, 0.15) is 0 Å². The van der Waals surface area contributed by atoms with Crippen molar-refractivity contribution in [1.82, 2.24) is 9.88 Å². The second kappa shape index (κ2) is 5.09. The van der Waals surface area contributed by atoms with Gasteiger partial charge in [0.05, 0.1) is 5.56 Å². The second-order valence-corrected chi connectivity index (χ2v) is 2.80. The van der Waals surface area contributed by atoms with Crippen molar-refractivity contribution in [3.05, 3.63) is 36.6 Å². The van der Waals surface area contributed by atoms with Crippen molar-refractivity contribution >= 4 is 11.9 Å². The number of hydrogen-bond acceptors (Lipinski definition) is 3. The number of amides is 1. The molecule has 0 aliphatic heterocycles. The number of rotatable bonds is 4. The number of nitrogens with zero attached hydrogens (tertiary/aromatic N) is 2. The van der Waals surface area contributed by atoms with E-state index in [9.17, 15) is 9.59 Å². The third-order valence-corrected chi connectivity index (χ3v) is 1.78. The van der Waals surface area contributed by atoms with Gasteiger partial charge in [0.15, 0.2) is 6.54 Å². The Morgan fingerprint density at radius 1 is 1.60 bits per heavy atom. The van der Waals surface area contributed by atoms with E-state index >= 15 is 0 Å². The minimum absolute atomic E-state index is 0.306. The van der Waals surface area contributed by atoms with Crippen LogP contribution in [0.1, 0.15) is 17.3 Å². The first kappa shape index (κ1) is 11.2. The standard InChI is InChI=1S/C10H11N2O3/c1-2-12(7-9(13)14)10(15)8-4-3-5-11-6-8/h3-7H,2H2,1H3,(H,13,14). The van der Waals surface area contributed by atoms with E-state index in [4.69, 9.17) is 5.11 Å². The molecule has 1 heterocycles. The average molecular weight is 207 g/mol. The van der Waals surface area contributed by atoms with Crippen LogP contribution >= 0.6 is 0 Å². The summed E-state index contributed by atoms with van der Waals surface area (Å²) in [4.78, 5) is 27.1. The monoisotopic (exact) mass is 207 g/mol. The maximum Gasteiger partial charge on any atom is 0.329 e. The van der Waals surface area contributed by atoms with E-state index in [2.05, 4.69) is 4.98 Å². The van der Waals surface area contributed by atoms with Crippen molar-refractivity contribution in [1.29, 1.82) is 0 Å². The van der Waals surface area contributed by atoms with E-state index in [1.165, 1.54) is 6.20 Å². The largest absolute Gasteiger partial charge is 0.480 e. The Morgan fingerprint density at radius 2 is 2.33 bits per heavy atom. The number of carboxylic acids is 1. The highest BCUT2D eigenvalue weighted by atomic mass is 16.4. The molecule has 5 nitrogen and oxygen atoms in total. The van der Waals surface area contributed by atoms with Crippen molar-refractivity contribution in [2.24, 2.45) is 0 Å². The maximum atomic E-state index is 11.7. The molecule has 5 heteroatoms. The molecular formula is C10H11N2O3. The second-order valence-electron chi connectivity index (χ2n) is 2.80. The summed E-state index contributed by atoms with van der Waals surface area (Å²) in [7, 11) is 0. The van der Waals surface area contributed by atoms with E-state index < -0.39 is 5.97 Å². The average Bonchev–Trinajstić information content (AvgIpc) is 2.26. The number of carbonyl (C=O) groups is 2. The van der Waals surface area contributed by atoms with Gasteiger partial charge in [0.2, 0.25) is 0 Å². The predicted molar refractivity (Wildman–Crippen MR) is 52.9 cm³/mol. The predicted octanol–water partition coefficient (Wildman–Crippen LogP) is 0.790. The molecule has 1 rings (SSSR count). The molecular weight excluding hydrogens is 196 g/mol. The number of aromatic nitrogens is 1. The summed E-state index contributed by atoms with van der Waals surface area (Å²) >= 11 is 0. The van der Waals surface area contributed by atoms with Crippen LogP contribution in [0.2, 0.25) is 0 Å². The summed E-state index contributed by atoms with van der Waals surface area (Å²) in [5.41, 5.74) is 0.372. The Labute approximate surface area is 87.4 Å². The van der Waals surface area contributed by atoms with E-state index in [0.717, 1.165) is 11.4 Å². The molecule has 0 bridgehead atoms. The maximum absolute atomic E-state index is 11.7. The zero-order valence-corrected chi connectivity index (χ0v) is 8.25. The summed E-state index contributed by atoms with van der Waals surface area (Å²) < 4.78 is 0. The Balaban J connectivity index is 2.78.